The lowest BCUT2D eigenvalue weighted by atomic mass is 10.2. The zero-order valence-corrected chi connectivity index (χ0v) is 21.0. The maximum Gasteiger partial charge on any atom is 0.573 e. The monoisotopic (exact) mass is 534 g/mol. The fourth-order valence-corrected chi connectivity index (χ4v) is 4.08. The first-order valence-electron chi connectivity index (χ1n) is 11.9. The lowest BCUT2D eigenvalue weighted by molar-refractivity contribution is -0.274. The molecule has 0 saturated heterocycles. The standard InChI is InChI=1S/C25H27F3N5O5/c1-4-33(3)21-20(22(35)31(24(33)36)11-6-12-34)32(15-17-10-9-16(2)14-29-17)23(30-21)37-18-7-5-8-19(13-18)38-25(26,27)28/h5,7-10,13-14,34H,4,6,11-12,15H2,1-3H3/q+1. The van der Waals surface area contributed by atoms with E-state index in [1.54, 1.807) is 26.2 Å². The van der Waals surface area contributed by atoms with Gasteiger partial charge in [-0.1, -0.05) is 12.1 Å². The van der Waals surface area contributed by atoms with Gasteiger partial charge in [0.2, 0.25) is 0 Å². The SMILES string of the molecule is CC[N+]1(C)C(=O)N(CCCO)C(=O)c2c1nc(Oc1cccc(OC(F)(F)F)c1)n2Cc1ccc(C)cn1. The van der Waals surface area contributed by atoms with E-state index in [1.807, 2.05) is 13.0 Å². The Balaban J connectivity index is 1.84. The van der Waals surface area contributed by atoms with Crippen molar-refractivity contribution < 1.29 is 37.3 Å². The first kappa shape index (κ1) is 27.1. The van der Waals surface area contributed by atoms with Gasteiger partial charge in [-0.2, -0.15) is 4.48 Å². The van der Waals surface area contributed by atoms with Gasteiger partial charge in [0.15, 0.2) is 5.69 Å². The Kier molecular flexibility index (Phi) is 7.42. The number of aliphatic hydroxyl groups excluding tert-OH is 1. The molecule has 4 rings (SSSR count). The molecule has 1 atom stereocenters. The van der Waals surface area contributed by atoms with Crippen molar-refractivity contribution in [1.82, 2.24) is 23.9 Å². The number of benzene rings is 1. The number of rotatable bonds is 9. The average molecular weight is 535 g/mol. The second-order valence-electron chi connectivity index (χ2n) is 8.93. The number of carbonyl (C=O) groups excluding carboxylic acids is 2. The highest BCUT2D eigenvalue weighted by molar-refractivity contribution is 6.13. The summed E-state index contributed by atoms with van der Waals surface area (Å²) in [5.41, 5.74) is 1.57. The van der Waals surface area contributed by atoms with Gasteiger partial charge in [0.1, 0.15) is 11.5 Å². The van der Waals surface area contributed by atoms with Gasteiger partial charge in [-0.25, -0.2) is 9.69 Å². The molecule has 10 nitrogen and oxygen atoms in total. The number of aliphatic hydroxyl groups is 1. The molecule has 1 aliphatic rings. The number of ether oxygens (including phenoxy) is 2. The van der Waals surface area contributed by atoms with Crippen molar-refractivity contribution in [3.63, 3.8) is 0 Å². The number of urea groups is 1. The third kappa shape index (κ3) is 5.34. The third-order valence-electron chi connectivity index (χ3n) is 6.20. The van der Waals surface area contributed by atoms with E-state index in [1.165, 1.54) is 16.7 Å². The minimum atomic E-state index is -4.89. The molecule has 1 aromatic carbocycles. The van der Waals surface area contributed by atoms with E-state index in [0.29, 0.717) is 5.69 Å². The quantitative estimate of drug-likeness (QED) is 0.409. The Bertz CT molecular complexity index is 1340. The highest BCUT2D eigenvalue weighted by Crippen LogP contribution is 2.38. The molecule has 0 aliphatic carbocycles. The average Bonchev–Trinajstić information content (AvgIpc) is 3.21. The minimum Gasteiger partial charge on any atom is -0.425 e. The molecule has 1 unspecified atom stereocenters. The fraction of sp³-hybridized carbons (Fsp3) is 0.360. The molecule has 0 radical (unpaired) electrons. The Morgan fingerprint density at radius 1 is 1.13 bits per heavy atom. The van der Waals surface area contributed by atoms with E-state index in [0.717, 1.165) is 22.6 Å². The number of imidazole rings is 1. The normalized spacial score (nSPS) is 17.5. The predicted molar refractivity (Wildman–Crippen MR) is 130 cm³/mol. The highest BCUT2D eigenvalue weighted by atomic mass is 19.4. The number of nitrogens with zero attached hydrogens (tertiary/aromatic N) is 5. The summed E-state index contributed by atoms with van der Waals surface area (Å²) in [4.78, 5) is 37.0. The van der Waals surface area contributed by atoms with Crippen LogP contribution in [0.3, 0.4) is 0 Å². The first-order chi connectivity index (χ1) is 18.0. The molecule has 202 valence electrons. The van der Waals surface area contributed by atoms with Gasteiger partial charge in [-0.3, -0.25) is 14.3 Å². The van der Waals surface area contributed by atoms with Crippen molar-refractivity contribution in [3.05, 3.63) is 59.5 Å². The van der Waals surface area contributed by atoms with Crippen molar-refractivity contribution in [2.24, 2.45) is 0 Å². The second-order valence-corrected chi connectivity index (χ2v) is 8.93. The van der Waals surface area contributed by atoms with Gasteiger partial charge in [-0.15, -0.1) is 18.2 Å². The molecule has 0 bridgehead atoms. The van der Waals surface area contributed by atoms with Crippen LogP contribution in [0.15, 0.2) is 42.6 Å². The maximum absolute atomic E-state index is 13.6. The number of amides is 3. The van der Waals surface area contributed by atoms with Gasteiger partial charge in [0, 0.05) is 25.4 Å². The molecule has 13 heteroatoms. The van der Waals surface area contributed by atoms with Crippen LogP contribution in [0.1, 0.15) is 35.1 Å². The molecule has 3 heterocycles. The molecule has 1 aliphatic heterocycles. The highest BCUT2D eigenvalue weighted by Gasteiger charge is 2.52. The van der Waals surface area contributed by atoms with Gasteiger partial charge in [-0.05, 0) is 44.0 Å². The van der Waals surface area contributed by atoms with Crippen LogP contribution in [0.4, 0.5) is 23.8 Å². The zero-order chi connectivity index (χ0) is 27.7. The van der Waals surface area contributed by atoms with Crippen molar-refractivity contribution in [2.75, 3.05) is 26.7 Å². The van der Waals surface area contributed by atoms with E-state index >= 15 is 0 Å². The number of carbonyl (C=O) groups is 2. The van der Waals surface area contributed by atoms with Gasteiger partial charge in [0.25, 0.3) is 11.7 Å². The summed E-state index contributed by atoms with van der Waals surface area (Å²) in [5, 5.41) is 9.30. The Labute approximate surface area is 216 Å². The Morgan fingerprint density at radius 2 is 1.87 bits per heavy atom. The number of hydrogen-bond donors (Lipinski definition) is 1. The number of imide groups is 1. The van der Waals surface area contributed by atoms with Crippen LogP contribution in [0.25, 0.3) is 0 Å². The third-order valence-corrected chi connectivity index (χ3v) is 6.20. The molecule has 38 heavy (non-hydrogen) atoms. The molecule has 1 N–H and O–H groups in total. The summed E-state index contributed by atoms with van der Waals surface area (Å²) in [7, 11) is 1.61. The molecule has 3 amide bonds. The number of fused-ring (bicyclic) bond motifs is 1. The van der Waals surface area contributed by atoms with E-state index in [2.05, 4.69) is 14.7 Å². The van der Waals surface area contributed by atoms with Crippen LogP contribution < -0.4 is 14.0 Å². The predicted octanol–water partition coefficient (Wildman–Crippen LogP) is 4.24. The number of halogens is 3. The smallest absolute Gasteiger partial charge is 0.425 e. The minimum absolute atomic E-state index is 0.00241. The number of aromatic nitrogens is 3. The summed E-state index contributed by atoms with van der Waals surface area (Å²) in [5.74, 6) is -0.985. The molecule has 0 fully saturated rings. The number of pyridine rings is 1. The summed E-state index contributed by atoms with van der Waals surface area (Å²) in [6.07, 6.45) is -3.04. The van der Waals surface area contributed by atoms with Gasteiger partial charge in [0.05, 0.1) is 25.8 Å². The topological polar surface area (TPSA) is 107 Å². The molecule has 2 aromatic heterocycles. The van der Waals surface area contributed by atoms with Gasteiger partial charge < -0.3 is 14.6 Å². The summed E-state index contributed by atoms with van der Waals surface area (Å²) < 4.78 is 49.2. The number of alkyl halides is 3. The maximum atomic E-state index is 13.6. The molecular formula is C25H27F3N5O5+. The molecule has 0 saturated carbocycles. The van der Waals surface area contributed by atoms with Crippen LogP contribution in [-0.4, -0.2) is 69.6 Å². The van der Waals surface area contributed by atoms with Crippen LogP contribution >= 0.6 is 0 Å². The van der Waals surface area contributed by atoms with E-state index in [9.17, 15) is 27.9 Å². The second kappa shape index (κ2) is 10.4. The fourth-order valence-electron chi connectivity index (χ4n) is 4.08. The molecular weight excluding hydrogens is 507 g/mol. The van der Waals surface area contributed by atoms with E-state index in [4.69, 9.17) is 4.74 Å². The number of quaternary nitrogens is 1. The molecule has 3 aromatic rings. The summed E-state index contributed by atoms with van der Waals surface area (Å²) in [6, 6.07) is 7.90. The number of hydrogen-bond acceptors (Lipinski definition) is 7. The first-order valence-corrected chi connectivity index (χ1v) is 11.9. The van der Waals surface area contributed by atoms with Crippen LogP contribution in [0.2, 0.25) is 0 Å². The summed E-state index contributed by atoms with van der Waals surface area (Å²) in [6.45, 7) is 3.72. The van der Waals surface area contributed by atoms with Gasteiger partial charge >= 0.3 is 18.4 Å². The van der Waals surface area contributed by atoms with Crippen LogP contribution in [0.5, 0.6) is 17.5 Å². The Hall–Kier alpha value is -3.97. The molecule has 0 spiro atoms. The van der Waals surface area contributed by atoms with Crippen molar-refractivity contribution in [3.8, 4) is 17.5 Å². The van der Waals surface area contributed by atoms with Crippen molar-refractivity contribution >= 4 is 17.8 Å². The van der Waals surface area contributed by atoms with E-state index in [-0.39, 0.29) is 60.4 Å². The lowest BCUT2D eigenvalue weighted by Gasteiger charge is -2.36. The lowest BCUT2D eigenvalue weighted by Crippen LogP contribution is -2.62. The van der Waals surface area contributed by atoms with Crippen LogP contribution in [-0.2, 0) is 6.54 Å². The zero-order valence-electron chi connectivity index (χ0n) is 21.0. The van der Waals surface area contributed by atoms with Crippen molar-refractivity contribution in [2.45, 2.75) is 33.2 Å². The van der Waals surface area contributed by atoms with Crippen LogP contribution in [0, 0.1) is 6.92 Å². The number of aryl methyl sites for hydroxylation is 1. The largest absolute Gasteiger partial charge is 0.573 e. The summed E-state index contributed by atoms with van der Waals surface area (Å²) >= 11 is 0. The van der Waals surface area contributed by atoms with Crippen molar-refractivity contribution in [1.29, 1.82) is 0 Å². The Morgan fingerprint density at radius 3 is 2.50 bits per heavy atom. The van der Waals surface area contributed by atoms with E-state index < -0.39 is 24.1 Å².